The van der Waals surface area contributed by atoms with E-state index < -0.39 is 5.97 Å². The monoisotopic (exact) mass is 278 g/mol. The molecule has 2 heterocycles. The number of nitrogens with zero attached hydrogens (tertiary/aromatic N) is 2. The summed E-state index contributed by atoms with van der Waals surface area (Å²) in [6.45, 7) is 0. The Morgan fingerprint density at radius 2 is 1.81 bits per heavy atom. The molecule has 0 fully saturated rings. The first kappa shape index (κ1) is 13.2. The number of carboxylic acids is 1. The van der Waals surface area contributed by atoms with E-state index >= 15 is 0 Å². The number of aryl methyl sites for hydroxylation is 1. The third-order valence-electron chi connectivity index (χ3n) is 3.37. The average Bonchev–Trinajstić information content (AvgIpc) is 2.53. The van der Waals surface area contributed by atoms with Crippen LogP contribution >= 0.6 is 0 Å². The van der Waals surface area contributed by atoms with E-state index in [1.807, 2.05) is 48.7 Å². The van der Waals surface area contributed by atoms with Gasteiger partial charge in [-0.25, -0.2) is 0 Å². The second-order valence-corrected chi connectivity index (χ2v) is 4.86. The second-order valence-electron chi connectivity index (χ2n) is 4.86. The lowest BCUT2D eigenvalue weighted by atomic mass is 10.0. The molecule has 0 aliphatic heterocycles. The standard InChI is InChI=1S/C17H14N2O2/c20-17(21)8-5-12-3-6-13(7-4-12)14-10-16-15(19-11-14)2-1-9-18-16/h1-4,6-7,9-11H,5,8H2,(H,20,21). The van der Waals surface area contributed by atoms with Crippen molar-refractivity contribution < 1.29 is 9.90 Å². The van der Waals surface area contributed by atoms with Crippen LogP contribution in [0.15, 0.2) is 54.9 Å². The smallest absolute Gasteiger partial charge is 0.303 e. The van der Waals surface area contributed by atoms with Crippen LogP contribution < -0.4 is 0 Å². The number of fused-ring (bicyclic) bond motifs is 1. The summed E-state index contributed by atoms with van der Waals surface area (Å²) in [5.74, 6) is -0.774. The lowest BCUT2D eigenvalue weighted by Crippen LogP contribution is -1.97. The van der Waals surface area contributed by atoms with E-state index in [9.17, 15) is 4.79 Å². The Morgan fingerprint density at radius 1 is 1.00 bits per heavy atom. The van der Waals surface area contributed by atoms with Crippen LogP contribution in [0.25, 0.3) is 22.2 Å². The van der Waals surface area contributed by atoms with E-state index in [-0.39, 0.29) is 6.42 Å². The molecule has 3 rings (SSSR count). The van der Waals surface area contributed by atoms with Crippen molar-refractivity contribution >= 4 is 17.0 Å². The first-order valence-electron chi connectivity index (χ1n) is 6.74. The zero-order chi connectivity index (χ0) is 14.7. The largest absolute Gasteiger partial charge is 0.481 e. The van der Waals surface area contributed by atoms with E-state index in [1.165, 1.54) is 0 Å². The topological polar surface area (TPSA) is 63.1 Å². The third-order valence-corrected chi connectivity index (χ3v) is 3.37. The fourth-order valence-corrected chi connectivity index (χ4v) is 2.23. The highest BCUT2D eigenvalue weighted by atomic mass is 16.4. The minimum Gasteiger partial charge on any atom is -0.481 e. The highest BCUT2D eigenvalue weighted by Gasteiger charge is 2.03. The quantitative estimate of drug-likeness (QED) is 0.795. The molecule has 1 aromatic carbocycles. The van der Waals surface area contributed by atoms with Gasteiger partial charge in [0.25, 0.3) is 0 Å². The van der Waals surface area contributed by atoms with Crippen LogP contribution in [-0.4, -0.2) is 21.0 Å². The Bertz CT molecular complexity index is 782. The number of benzene rings is 1. The highest BCUT2D eigenvalue weighted by molar-refractivity contribution is 5.79. The molecule has 0 radical (unpaired) electrons. The maximum Gasteiger partial charge on any atom is 0.303 e. The number of hydrogen-bond acceptors (Lipinski definition) is 3. The summed E-state index contributed by atoms with van der Waals surface area (Å²) in [5.41, 5.74) is 4.82. The summed E-state index contributed by atoms with van der Waals surface area (Å²) >= 11 is 0. The van der Waals surface area contributed by atoms with E-state index in [4.69, 9.17) is 5.11 Å². The van der Waals surface area contributed by atoms with Gasteiger partial charge in [-0.05, 0) is 35.7 Å². The van der Waals surface area contributed by atoms with Crippen molar-refractivity contribution in [2.75, 3.05) is 0 Å². The minimum atomic E-state index is -0.774. The summed E-state index contributed by atoms with van der Waals surface area (Å²) in [6.07, 6.45) is 4.28. The van der Waals surface area contributed by atoms with Crippen molar-refractivity contribution in [1.82, 2.24) is 9.97 Å². The third kappa shape index (κ3) is 3.05. The first-order chi connectivity index (χ1) is 10.2. The fraction of sp³-hybridized carbons (Fsp3) is 0.118. The minimum absolute atomic E-state index is 0.154. The molecule has 21 heavy (non-hydrogen) atoms. The number of carbonyl (C=O) groups is 1. The van der Waals surface area contributed by atoms with Crippen LogP contribution in [-0.2, 0) is 11.2 Å². The maximum absolute atomic E-state index is 10.6. The summed E-state index contributed by atoms with van der Waals surface area (Å²) in [7, 11) is 0. The van der Waals surface area contributed by atoms with E-state index in [0.717, 1.165) is 27.7 Å². The van der Waals surface area contributed by atoms with Crippen molar-refractivity contribution in [3.63, 3.8) is 0 Å². The number of aromatic nitrogens is 2. The van der Waals surface area contributed by atoms with Gasteiger partial charge < -0.3 is 5.11 Å². The second kappa shape index (κ2) is 5.71. The van der Waals surface area contributed by atoms with Gasteiger partial charge in [-0.15, -0.1) is 0 Å². The molecule has 4 nitrogen and oxygen atoms in total. The molecule has 0 aliphatic carbocycles. The Labute approximate surface area is 122 Å². The SMILES string of the molecule is O=C(O)CCc1ccc(-c2cnc3cccnc3c2)cc1. The van der Waals surface area contributed by atoms with Gasteiger partial charge in [0.05, 0.1) is 11.0 Å². The number of aliphatic carboxylic acids is 1. The lowest BCUT2D eigenvalue weighted by Gasteiger charge is -2.05. The van der Waals surface area contributed by atoms with Gasteiger partial charge in [-0.1, -0.05) is 24.3 Å². The summed E-state index contributed by atoms with van der Waals surface area (Å²) in [5, 5.41) is 8.69. The normalized spacial score (nSPS) is 10.7. The molecule has 4 heteroatoms. The van der Waals surface area contributed by atoms with Crippen molar-refractivity contribution in [2.24, 2.45) is 0 Å². The Hall–Kier alpha value is -2.75. The van der Waals surface area contributed by atoms with Gasteiger partial charge in [0, 0.05) is 24.4 Å². The first-order valence-corrected chi connectivity index (χ1v) is 6.74. The Morgan fingerprint density at radius 3 is 2.57 bits per heavy atom. The molecule has 1 N–H and O–H groups in total. The van der Waals surface area contributed by atoms with Gasteiger partial charge in [-0.2, -0.15) is 0 Å². The van der Waals surface area contributed by atoms with Gasteiger partial charge in [-0.3, -0.25) is 14.8 Å². The highest BCUT2D eigenvalue weighted by Crippen LogP contribution is 2.22. The van der Waals surface area contributed by atoms with Gasteiger partial charge >= 0.3 is 5.97 Å². The van der Waals surface area contributed by atoms with Crippen LogP contribution in [0.4, 0.5) is 0 Å². The predicted molar refractivity (Wildman–Crippen MR) is 80.9 cm³/mol. The van der Waals surface area contributed by atoms with Crippen LogP contribution in [0, 0.1) is 0 Å². The van der Waals surface area contributed by atoms with E-state index in [2.05, 4.69) is 9.97 Å². The number of carboxylic acid groups (broad SMARTS) is 1. The Kier molecular flexibility index (Phi) is 3.60. The summed E-state index contributed by atoms with van der Waals surface area (Å²) < 4.78 is 0. The Balaban J connectivity index is 1.86. The number of pyridine rings is 2. The summed E-state index contributed by atoms with van der Waals surface area (Å²) in [6, 6.07) is 13.7. The molecule has 3 aromatic rings. The number of rotatable bonds is 4. The molecule has 0 atom stereocenters. The number of hydrogen-bond donors (Lipinski definition) is 1. The zero-order valence-corrected chi connectivity index (χ0v) is 11.4. The molecule has 0 spiro atoms. The van der Waals surface area contributed by atoms with E-state index in [0.29, 0.717) is 6.42 Å². The molecule has 0 saturated carbocycles. The molecular weight excluding hydrogens is 264 g/mol. The molecule has 0 unspecified atom stereocenters. The van der Waals surface area contributed by atoms with Gasteiger partial charge in [0.15, 0.2) is 0 Å². The van der Waals surface area contributed by atoms with Crippen molar-refractivity contribution in [1.29, 1.82) is 0 Å². The van der Waals surface area contributed by atoms with Crippen LogP contribution in [0.2, 0.25) is 0 Å². The molecular formula is C17H14N2O2. The fourth-order valence-electron chi connectivity index (χ4n) is 2.23. The molecule has 0 amide bonds. The van der Waals surface area contributed by atoms with Crippen molar-refractivity contribution in [2.45, 2.75) is 12.8 Å². The zero-order valence-electron chi connectivity index (χ0n) is 11.4. The van der Waals surface area contributed by atoms with Crippen molar-refractivity contribution in [3.8, 4) is 11.1 Å². The molecule has 0 aliphatic rings. The molecule has 0 bridgehead atoms. The predicted octanol–water partition coefficient (Wildman–Crippen LogP) is 3.31. The molecule has 0 saturated heterocycles. The molecule has 104 valence electrons. The molecule has 2 aromatic heterocycles. The van der Waals surface area contributed by atoms with Gasteiger partial charge in [0.2, 0.25) is 0 Å². The van der Waals surface area contributed by atoms with Crippen LogP contribution in [0.5, 0.6) is 0 Å². The maximum atomic E-state index is 10.6. The lowest BCUT2D eigenvalue weighted by molar-refractivity contribution is -0.136. The van der Waals surface area contributed by atoms with Crippen LogP contribution in [0.3, 0.4) is 0 Å². The van der Waals surface area contributed by atoms with E-state index in [1.54, 1.807) is 6.20 Å². The van der Waals surface area contributed by atoms with Crippen LogP contribution in [0.1, 0.15) is 12.0 Å². The summed E-state index contributed by atoms with van der Waals surface area (Å²) in [4.78, 5) is 19.3. The average molecular weight is 278 g/mol. The van der Waals surface area contributed by atoms with Crippen molar-refractivity contribution in [3.05, 3.63) is 60.4 Å². The van der Waals surface area contributed by atoms with Gasteiger partial charge in [0.1, 0.15) is 0 Å².